The molecule has 0 atom stereocenters. The molecule has 0 saturated heterocycles. The van der Waals surface area contributed by atoms with Crippen molar-refractivity contribution < 1.29 is 4.79 Å². The van der Waals surface area contributed by atoms with Crippen LogP contribution in [0.1, 0.15) is 58.4 Å². The molecule has 2 rings (SSSR count). The van der Waals surface area contributed by atoms with Crippen LogP contribution < -0.4 is 0 Å². The van der Waals surface area contributed by atoms with Crippen LogP contribution in [0.3, 0.4) is 0 Å². The molecule has 1 aromatic heterocycles. The summed E-state index contributed by atoms with van der Waals surface area (Å²) in [5.41, 5.74) is 0.952. The molecule has 0 aliphatic heterocycles. The highest BCUT2D eigenvalue weighted by atomic mass is 16.2. The van der Waals surface area contributed by atoms with Crippen LogP contribution in [-0.2, 0) is 11.3 Å². The van der Waals surface area contributed by atoms with E-state index in [-0.39, 0.29) is 11.4 Å². The summed E-state index contributed by atoms with van der Waals surface area (Å²) in [4.78, 5) is 18.8. The molecular weight excluding hydrogens is 248 g/mol. The Kier molecular flexibility index (Phi) is 4.79. The standard InChI is InChI=1S/C17H26N2O/c1-17(2,3)19(13-15-9-6-10-18-12-15)16(20)11-14-7-4-5-8-14/h6,9-10,12,14H,4-5,7-8,11,13H2,1-3H3. The zero-order valence-electron chi connectivity index (χ0n) is 12.9. The summed E-state index contributed by atoms with van der Waals surface area (Å²) in [6, 6.07) is 3.96. The van der Waals surface area contributed by atoms with Crippen LogP contribution in [0.25, 0.3) is 0 Å². The monoisotopic (exact) mass is 274 g/mol. The van der Waals surface area contributed by atoms with Gasteiger partial charge in [0.1, 0.15) is 0 Å². The average Bonchev–Trinajstić information content (AvgIpc) is 2.88. The summed E-state index contributed by atoms with van der Waals surface area (Å²) >= 11 is 0. The van der Waals surface area contributed by atoms with Crippen molar-refractivity contribution in [3.05, 3.63) is 30.1 Å². The molecule has 1 aromatic rings. The van der Waals surface area contributed by atoms with Crippen molar-refractivity contribution in [2.75, 3.05) is 0 Å². The Balaban J connectivity index is 2.05. The van der Waals surface area contributed by atoms with Crippen LogP contribution in [0, 0.1) is 5.92 Å². The number of aromatic nitrogens is 1. The lowest BCUT2D eigenvalue weighted by molar-refractivity contribution is -0.137. The molecule has 1 aliphatic rings. The Bertz CT molecular complexity index is 430. The third-order valence-electron chi connectivity index (χ3n) is 4.11. The van der Waals surface area contributed by atoms with Crippen LogP contribution in [-0.4, -0.2) is 21.3 Å². The van der Waals surface area contributed by atoms with Crippen LogP contribution in [0.15, 0.2) is 24.5 Å². The molecule has 3 heteroatoms. The summed E-state index contributed by atoms with van der Waals surface area (Å²) < 4.78 is 0. The van der Waals surface area contributed by atoms with E-state index < -0.39 is 0 Å². The van der Waals surface area contributed by atoms with Crippen molar-refractivity contribution in [1.29, 1.82) is 0 Å². The maximum absolute atomic E-state index is 12.7. The molecule has 3 nitrogen and oxygen atoms in total. The predicted molar refractivity (Wildman–Crippen MR) is 81.1 cm³/mol. The van der Waals surface area contributed by atoms with Crippen LogP contribution in [0.4, 0.5) is 0 Å². The van der Waals surface area contributed by atoms with E-state index in [1.807, 2.05) is 23.2 Å². The van der Waals surface area contributed by atoms with E-state index in [4.69, 9.17) is 0 Å². The fourth-order valence-corrected chi connectivity index (χ4v) is 2.95. The van der Waals surface area contributed by atoms with Crippen molar-refractivity contribution in [2.45, 2.75) is 65.0 Å². The summed E-state index contributed by atoms with van der Waals surface area (Å²) in [5, 5.41) is 0. The Morgan fingerprint density at radius 2 is 2.05 bits per heavy atom. The maximum atomic E-state index is 12.7. The lowest BCUT2D eigenvalue weighted by Crippen LogP contribution is -2.45. The summed E-state index contributed by atoms with van der Waals surface area (Å²) in [5.74, 6) is 0.884. The molecule has 20 heavy (non-hydrogen) atoms. The maximum Gasteiger partial charge on any atom is 0.223 e. The SMILES string of the molecule is CC(C)(C)N(Cc1cccnc1)C(=O)CC1CCCC1. The first-order chi connectivity index (χ1) is 9.47. The Labute approximate surface area is 122 Å². The first kappa shape index (κ1) is 15.0. The van der Waals surface area contributed by atoms with E-state index in [9.17, 15) is 4.79 Å². The number of hydrogen-bond acceptors (Lipinski definition) is 2. The molecule has 1 heterocycles. The number of carbonyl (C=O) groups is 1. The van der Waals surface area contributed by atoms with Gasteiger partial charge in [0.05, 0.1) is 0 Å². The summed E-state index contributed by atoms with van der Waals surface area (Å²) in [6.07, 6.45) is 9.34. The molecule has 0 unspecified atom stereocenters. The lowest BCUT2D eigenvalue weighted by atomic mass is 9.99. The zero-order chi connectivity index (χ0) is 14.6. The third kappa shape index (κ3) is 4.06. The second-order valence-corrected chi connectivity index (χ2v) is 6.87. The molecule has 0 N–H and O–H groups in total. The molecule has 0 spiro atoms. The molecule has 0 aromatic carbocycles. The quantitative estimate of drug-likeness (QED) is 0.837. The van der Waals surface area contributed by atoms with Crippen molar-refractivity contribution in [3.63, 3.8) is 0 Å². The van der Waals surface area contributed by atoms with Gasteiger partial charge in [-0.1, -0.05) is 18.9 Å². The number of nitrogens with zero attached hydrogens (tertiary/aromatic N) is 2. The highest BCUT2D eigenvalue weighted by Gasteiger charge is 2.29. The van der Waals surface area contributed by atoms with Gasteiger partial charge >= 0.3 is 0 Å². The number of amides is 1. The third-order valence-corrected chi connectivity index (χ3v) is 4.11. The number of pyridine rings is 1. The smallest absolute Gasteiger partial charge is 0.223 e. The first-order valence-electron chi connectivity index (χ1n) is 7.66. The van der Waals surface area contributed by atoms with Gasteiger partial charge in [-0.05, 0) is 51.2 Å². The minimum atomic E-state index is -0.147. The molecule has 110 valence electrons. The van der Waals surface area contributed by atoms with Gasteiger partial charge in [-0.3, -0.25) is 9.78 Å². The van der Waals surface area contributed by atoms with E-state index in [0.29, 0.717) is 18.9 Å². The van der Waals surface area contributed by atoms with E-state index in [1.54, 1.807) is 6.20 Å². The predicted octanol–water partition coefficient (Wildman–Crippen LogP) is 3.79. The van der Waals surface area contributed by atoms with Crippen LogP contribution >= 0.6 is 0 Å². The van der Waals surface area contributed by atoms with Gasteiger partial charge in [0, 0.05) is 30.9 Å². The lowest BCUT2D eigenvalue weighted by Gasteiger charge is -2.36. The van der Waals surface area contributed by atoms with Crippen molar-refractivity contribution >= 4 is 5.91 Å². The van der Waals surface area contributed by atoms with Crippen LogP contribution in [0.2, 0.25) is 0 Å². The van der Waals surface area contributed by atoms with Gasteiger partial charge in [0.2, 0.25) is 5.91 Å². The van der Waals surface area contributed by atoms with Crippen molar-refractivity contribution in [3.8, 4) is 0 Å². The normalized spacial score (nSPS) is 16.4. The van der Waals surface area contributed by atoms with Gasteiger partial charge in [-0.25, -0.2) is 0 Å². The zero-order valence-corrected chi connectivity index (χ0v) is 12.9. The number of rotatable bonds is 4. The van der Waals surface area contributed by atoms with E-state index in [2.05, 4.69) is 25.8 Å². The highest BCUT2D eigenvalue weighted by Crippen LogP contribution is 2.29. The van der Waals surface area contributed by atoms with Gasteiger partial charge in [-0.15, -0.1) is 0 Å². The highest BCUT2D eigenvalue weighted by molar-refractivity contribution is 5.77. The summed E-state index contributed by atoms with van der Waals surface area (Å²) in [6.45, 7) is 6.98. The largest absolute Gasteiger partial charge is 0.333 e. The summed E-state index contributed by atoms with van der Waals surface area (Å²) in [7, 11) is 0. The molecular formula is C17H26N2O. The number of carbonyl (C=O) groups excluding carboxylic acids is 1. The van der Waals surface area contributed by atoms with Crippen LogP contribution in [0.5, 0.6) is 0 Å². The van der Waals surface area contributed by atoms with E-state index >= 15 is 0 Å². The minimum Gasteiger partial charge on any atom is -0.333 e. The average molecular weight is 274 g/mol. The Hall–Kier alpha value is -1.38. The molecule has 1 amide bonds. The van der Waals surface area contributed by atoms with Gasteiger partial charge < -0.3 is 4.90 Å². The molecule has 0 bridgehead atoms. The fraction of sp³-hybridized carbons (Fsp3) is 0.647. The number of hydrogen-bond donors (Lipinski definition) is 0. The van der Waals surface area contributed by atoms with E-state index in [0.717, 1.165) is 5.56 Å². The molecule has 0 radical (unpaired) electrons. The Morgan fingerprint density at radius 1 is 1.35 bits per heavy atom. The topological polar surface area (TPSA) is 33.2 Å². The van der Waals surface area contributed by atoms with E-state index in [1.165, 1.54) is 25.7 Å². The van der Waals surface area contributed by atoms with Crippen molar-refractivity contribution in [2.24, 2.45) is 5.92 Å². The second kappa shape index (κ2) is 6.38. The van der Waals surface area contributed by atoms with Gasteiger partial charge in [0.25, 0.3) is 0 Å². The second-order valence-electron chi connectivity index (χ2n) is 6.87. The Morgan fingerprint density at radius 3 is 2.60 bits per heavy atom. The van der Waals surface area contributed by atoms with Gasteiger partial charge in [0.15, 0.2) is 0 Å². The molecule has 1 aliphatic carbocycles. The first-order valence-corrected chi connectivity index (χ1v) is 7.66. The minimum absolute atomic E-state index is 0.147. The molecule has 1 saturated carbocycles. The fourth-order valence-electron chi connectivity index (χ4n) is 2.95. The van der Waals surface area contributed by atoms with Gasteiger partial charge in [-0.2, -0.15) is 0 Å². The van der Waals surface area contributed by atoms with Crippen molar-refractivity contribution in [1.82, 2.24) is 9.88 Å². The molecule has 1 fully saturated rings.